The normalized spacial score (nSPS) is 12.5. The molecule has 0 aliphatic heterocycles. The van der Waals surface area contributed by atoms with E-state index in [9.17, 15) is 9.18 Å². The number of para-hydroxylation sites is 1. The average Bonchev–Trinajstić information content (AvgIpc) is 2.81. The number of H-pyrrole nitrogens is 2. The number of nitrogens with one attached hydrogen (secondary N) is 3. The van der Waals surface area contributed by atoms with Crippen molar-refractivity contribution in [2.75, 3.05) is 5.32 Å². The summed E-state index contributed by atoms with van der Waals surface area (Å²) in [5, 5.41) is 3.14. The molecule has 6 heteroatoms. The fourth-order valence-corrected chi connectivity index (χ4v) is 2.71. The smallest absolute Gasteiger partial charge is 0.323 e. The number of rotatable bonds is 3. The molecule has 1 unspecified atom stereocenters. The first-order chi connectivity index (χ1) is 10.0. The van der Waals surface area contributed by atoms with Gasteiger partial charge in [-0.15, -0.1) is 0 Å². The van der Waals surface area contributed by atoms with Gasteiger partial charge in [-0.25, -0.2) is 9.18 Å². The molecular weight excluding hydrogens is 337 g/mol. The van der Waals surface area contributed by atoms with Gasteiger partial charge in [0.15, 0.2) is 0 Å². The molecule has 0 amide bonds. The zero-order valence-corrected chi connectivity index (χ0v) is 12.8. The Kier molecular flexibility index (Phi) is 3.55. The highest BCUT2D eigenvalue weighted by Gasteiger charge is 2.12. The van der Waals surface area contributed by atoms with Crippen molar-refractivity contribution in [3.8, 4) is 0 Å². The fourth-order valence-electron chi connectivity index (χ4n) is 2.26. The SMILES string of the molecule is CC(Nc1c(F)cccc1Br)c1ccc2[nH]c(=O)[nH]c2c1. The Labute approximate surface area is 128 Å². The molecule has 0 fully saturated rings. The number of fused-ring (bicyclic) bond motifs is 1. The van der Waals surface area contributed by atoms with E-state index in [4.69, 9.17) is 0 Å². The largest absolute Gasteiger partial charge is 0.375 e. The fraction of sp³-hybridized carbons (Fsp3) is 0.133. The summed E-state index contributed by atoms with van der Waals surface area (Å²) < 4.78 is 14.5. The summed E-state index contributed by atoms with van der Waals surface area (Å²) in [7, 11) is 0. The van der Waals surface area contributed by atoms with Crippen LogP contribution in [0.15, 0.2) is 45.7 Å². The maximum absolute atomic E-state index is 13.8. The minimum absolute atomic E-state index is 0.110. The predicted octanol–water partition coefficient (Wildman–Crippen LogP) is 3.93. The van der Waals surface area contributed by atoms with E-state index in [1.165, 1.54) is 6.07 Å². The van der Waals surface area contributed by atoms with E-state index in [-0.39, 0.29) is 17.5 Å². The number of anilines is 1. The van der Waals surface area contributed by atoms with Gasteiger partial charge in [-0.05, 0) is 52.7 Å². The van der Waals surface area contributed by atoms with Crippen LogP contribution in [0.1, 0.15) is 18.5 Å². The molecular formula is C15H13BrFN3O. The molecule has 3 N–H and O–H groups in total. The van der Waals surface area contributed by atoms with Crippen molar-refractivity contribution in [1.29, 1.82) is 0 Å². The van der Waals surface area contributed by atoms with Crippen molar-refractivity contribution in [2.45, 2.75) is 13.0 Å². The van der Waals surface area contributed by atoms with Crippen molar-refractivity contribution in [2.24, 2.45) is 0 Å². The van der Waals surface area contributed by atoms with Gasteiger partial charge >= 0.3 is 5.69 Å². The minimum Gasteiger partial charge on any atom is -0.375 e. The van der Waals surface area contributed by atoms with Gasteiger partial charge in [0.25, 0.3) is 0 Å². The highest BCUT2D eigenvalue weighted by atomic mass is 79.9. The van der Waals surface area contributed by atoms with Crippen molar-refractivity contribution >= 4 is 32.7 Å². The minimum atomic E-state index is -0.313. The molecule has 0 aliphatic rings. The summed E-state index contributed by atoms with van der Waals surface area (Å²) in [6.07, 6.45) is 0. The van der Waals surface area contributed by atoms with Gasteiger partial charge in [-0.3, -0.25) is 0 Å². The third-order valence-corrected chi connectivity index (χ3v) is 4.02. The average molecular weight is 350 g/mol. The van der Waals surface area contributed by atoms with E-state index in [2.05, 4.69) is 31.2 Å². The summed E-state index contributed by atoms with van der Waals surface area (Å²) in [5.74, 6) is -0.313. The van der Waals surface area contributed by atoms with E-state index < -0.39 is 0 Å². The van der Waals surface area contributed by atoms with Gasteiger partial charge in [0.1, 0.15) is 5.82 Å². The van der Waals surface area contributed by atoms with Crippen molar-refractivity contribution < 1.29 is 4.39 Å². The Morgan fingerprint density at radius 2 is 1.95 bits per heavy atom. The summed E-state index contributed by atoms with van der Waals surface area (Å²) in [6, 6.07) is 10.3. The molecule has 0 radical (unpaired) electrons. The Hall–Kier alpha value is -2.08. The Morgan fingerprint density at radius 1 is 1.19 bits per heavy atom. The van der Waals surface area contributed by atoms with E-state index in [1.807, 2.05) is 25.1 Å². The van der Waals surface area contributed by atoms with Gasteiger partial charge < -0.3 is 15.3 Å². The van der Waals surface area contributed by atoms with E-state index in [1.54, 1.807) is 12.1 Å². The second-order valence-electron chi connectivity index (χ2n) is 4.85. The molecule has 1 aromatic heterocycles. The number of benzene rings is 2. The number of imidazole rings is 1. The zero-order valence-electron chi connectivity index (χ0n) is 11.2. The maximum Gasteiger partial charge on any atom is 0.323 e. The third kappa shape index (κ3) is 2.71. The summed E-state index contributed by atoms with van der Waals surface area (Å²) in [4.78, 5) is 16.7. The van der Waals surface area contributed by atoms with Crippen molar-refractivity contribution in [3.63, 3.8) is 0 Å². The lowest BCUT2D eigenvalue weighted by molar-refractivity contribution is 0.626. The van der Waals surface area contributed by atoms with Crippen LogP contribution in [-0.4, -0.2) is 9.97 Å². The van der Waals surface area contributed by atoms with Crippen LogP contribution in [0.2, 0.25) is 0 Å². The first-order valence-electron chi connectivity index (χ1n) is 6.47. The molecule has 1 atom stereocenters. The molecule has 21 heavy (non-hydrogen) atoms. The first-order valence-corrected chi connectivity index (χ1v) is 7.26. The van der Waals surface area contributed by atoms with Crippen LogP contribution in [-0.2, 0) is 0 Å². The Morgan fingerprint density at radius 3 is 2.71 bits per heavy atom. The molecule has 3 rings (SSSR count). The van der Waals surface area contributed by atoms with Crippen LogP contribution in [0.25, 0.3) is 11.0 Å². The first kappa shape index (κ1) is 13.9. The number of hydrogen-bond acceptors (Lipinski definition) is 2. The van der Waals surface area contributed by atoms with Crippen LogP contribution in [0, 0.1) is 5.82 Å². The highest BCUT2D eigenvalue weighted by Crippen LogP contribution is 2.29. The Bertz CT molecular complexity index is 835. The summed E-state index contributed by atoms with van der Waals surface area (Å²) in [5.41, 5.74) is 2.63. The van der Waals surface area contributed by atoms with Gasteiger partial charge in [-0.2, -0.15) is 0 Å². The van der Waals surface area contributed by atoms with Crippen LogP contribution < -0.4 is 11.0 Å². The monoisotopic (exact) mass is 349 g/mol. The molecule has 1 heterocycles. The second kappa shape index (κ2) is 5.37. The molecule has 108 valence electrons. The van der Waals surface area contributed by atoms with E-state index in [0.717, 1.165) is 16.6 Å². The van der Waals surface area contributed by atoms with Crippen LogP contribution in [0.3, 0.4) is 0 Å². The lowest BCUT2D eigenvalue weighted by Crippen LogP contribution is -2.08. The van der Waals surface area contributed by atoms with Gasteiger partial charge in [0.05, 0.1) is 16.7 Å². The van der Waals surface area contributed by atoms with Crippen molar-refractivity contribution in [1.82, 2.24) is 9.97 Å². The van der Waals surface area contributed by atoms with E-state index >= 15 is 0 Å². The summed E-state index contributed by atoms with van der Waals surface area (Å²) in [6.45, 7) is 1.94. The predicted molar refractivity (Wildman–Crippen MR) is 85.1 cm³/mol. The molecule has 3 aromatic rings. The maximum atomic E-state index is 13.8. The zero-order chi connectivity index (χ0) is 15.0. The lowest BCUT2D eigenvalue weighted by Gasteiger charge is -2.17. The number of aromatic amines is 2. The number of hydrogen-bond donors (Lipinski definition) is 3. The van der Waals surface area contributed by atoms with Crippen LogP contribution >= 0.6 is 15.9 Å². The Balaban J connectivity index is 1.93. The standard InChI is InChI=1S/C15H13BrFN3O/c1-8(18-14-10(16)3-2-4-11(14)17)9-5-6-12-13(7-9)20-15(21)19-12/h2-8,18H,1H3,(H2,19,20,21). The molecule has 0 saturated heterocycles. The number of aromatic nitrogens is 2. The van der Waals surface area contributed by atoms with Gasteiger partial charge in [0.2, 0.25) is 0 Å². The molecule has 0 bridgehead atoms. The molecule has 2 aromatic carbocycles. The quantitative estimate of drug-likeness (QED) is 0.670. The van der Waals surface area contributed by atoms with E-state index in [0.29, 0.717) is 10.2 Å². The lowest BCUT2D eigenvalue weighted by atomic mass is 10.1. The highest BCUT2D eigenvalue weighted by molar-refractivity contribution is 9.10. The van der Waals surface area contributed by atoms with Crippen LogP contribution in [0.5, 0.6) is 0 Å². The second-order valence-corrected chi connectivity index (χ2v) is 5.70. The third-order valence-electron chi connectivity index (χ3n) is 3.36. The molecule has 0 saturated carbocycles. The van der Waals surface area contributed by atoms with Gasteiger partial charge in [0, 0.05) is 10.5 Å². The topological polar surface area (TPSA) is 60.7 Å². The van der Waals surface area contributed by atoms with Gasteiger partial charge in [-0.1, -0.05) is 12.1 Å². The molecule has 0 aliphatic carbocycles. The molecule has 4 nitrogen and oxygen atoms in total. The number of halogens is 2. The van der Waals surface area contributed by atoms with Crippen molar-refractivity contribution in [3.05, 3.63) is 62.7 Å². The summed E-state index contributed by atoms with van der Waals surface area (Å²) >= 11 is 3.34. The van der Waals surface area contributed by atoms with Crippen LogP contribution in [0.4, 0.5) is 10.1 Å². The molecule has 0 spiro atoms.